The molecule has 140 valence electrons. The first-order valence-electron chi connectivity index (χ1n) is 9.80. The number of amides is 1. The molecule has 0 atom stereocenters. The number of aromatic nitrogens is 1. The van der Waals surface area contributed by atoms with E-state index in [1.165, 1.54) is 26.5 Å². The van der Waals surface area contributed by atoms with E-state index in [-0.39, 0.29) is 11.8 Å². The number of fused-ring (bicyclic) bond motifs is 1. The smallest absolute Gasteiger partial charge is 0.223 e. The van der Waals surface area contributed by atoms with Gasteiger partial charge in [0.05, 0.1) is 0 Å². The first-order chi connectivity index (χ1) is 13.2. The van der Waals surface area contributed by atoms with Gasteiger partial charge in [-0.15, -0.1) is 0 Å². The summed E-state index contributed by atoms with van der Waals surface area (Å²) in [6.07, 6.45) is 7.43. The van der Waals surface area contributed by atoms with Crippen LogP contribution < -0.4 is 5.32 Å². The summed E-state index contributed by atoms with van der Waals surface area (Å²) in [5.41, 5.74) is 3.97. The van der Waals surface area contributed by atoms with Gasteiger partial charge in [-0.25, -0.2) is 0 Å². The molecule has 27 heavy (non-hydrogen) atoms. The average molecular weight is 425 g/mol. The van der Waals surface area contributed by atoms with Gasteiger partial charge in [0.15, 0.2) is 0 Å². The van der Waals surface area contributed by atoms with Gasteiger partial charge < -0.3 is 9.88 Å². The fourth-order valence-corrected chi connectivity index (χ4v) is 4.14. The van der Waals surface area contributed by atoms with E-state index in [2.05, 4.69) is 80.5 Å². The summed E-state index contributed by atoms with van der Waals surface area (Å²) in [5, 5.41) is 4.39. The standard InChI is InChI=1S/C23H25BrN2O/c24-21-9-3-1-6-17(21)7-5-15-26-16-19(20-8-2-4-10-22(20)26)13-14-25-23(27)18-11-12-18/h1-4,6,8-10,16,18H,5,7,11-15H2,(H,25,27). The van der Waals surface area contributed by atoms with Crippen molar-refractivity contribution in [2.24, 2.45) is 5.92 Å². The molecule has 1 N–H and O–H groups in total. The second-order valence-electron chi connectivity index (χ2n) is 7.38. The third-order valence-electron chi connectivity index (χ3n) is 5.32. The summed E-state index contributed by atoms with van der Waals surface area (Å²) in [5.74, 6) is 0.510. The second-order valence-corrected chi connectivity index (χ2v) is 8.23. The molecule has 1 aromatic heterocycles. The largest absolute Gasteiger partial charge is 0.356 e. The van der Waals surface area contributed by atoms with Gasteiger partial charge in [0.25, 0.3) is 0 Å². The molecule has 3 nitrogen and oxygen atoms in total. The SMILES string of the molecule is O=C(NCCc1cn(CCCc2ccccc2Br)c2ccccc12)C1CC1. The lowest BCUT2D eigenvalue weighted by atomic mass is 10.1. The van der Waals surface area contributed by atoms with Crippen LogP contribution in [0.3, 0.4) is 0 Å². The molecular weight excluding hydrogens is 400 g/mol. The summed E-state index contributed by atoms with van der Waals surface area (Å²) in [6, 6.07) is 17.0. The highest BCUT2D eigenvalue weighted by atomic mass is 79.9. The number of hydrogen-bond acceptors (Lipinski definition) is 1. The van der Waals surface area contributed by atoms with Crippen LogP contribution in [0.4, 0.5) is 0 Å². The Labute approximate surface area is 168 Å². The maximum Gasteiger partial charge on any atom is 0.223 e. The Bertz CT molecular complexity index is 942. The van der Waals surface area contributed by atoms with E-state index < -0.39 is 0 Å². The number of nitrogens with zero attached hydrogens (tertiary/aromatic N) is 1. The van der Waals surface area contributed by atoms with E-state index in [1.807, 2.05) is 0 Å². The van der Waals surface area contributed by atoms with Crippen LogP contribution in [0.2, 0.25) is 0 Å². The lowest BCUT2D eigenvalue weighted by molar-refractivity contribution is -0.122. The molecule has 1 saturated carbocycles. The Hall–Kier alpha value is -2.07. The molecule has 1 heterocycles. The van der Waals surface area contributed by atoms with Crippen LogP contribution in [0, 0.1) is 5.92 Å². The minimum atomic E-state index is 0.229. The van der Waals surface area contributed by atoms with Crippen molar-refractivity contribution in [3.05, 3.63) is 70.3 Å². The number of carbonyl (C=O) groups excluding carboxylic acids is 1. The van der Waals surface area contributed by atoms with Crippen molar-refractivity contribution in [1.82, 2.24) is 9.88 Å². The van der Waals surface area contributed by atoms with Crippen LogP contribution in [0.5, 0.6) is 0 Å². The molecule has 0 unspecified atom stereocenters. The number of benzene rings is 2. The number of para-hydroxylation sites is 1. The average Bonchev–Trinajstić information content (AvgIpc) is 3.48. The highest BCUT2D eigenvalue weighted by Gasteiger charge is 2.29. The Balaban J connectivity index is 1.41. The Morgan fingerprint density at radius 3 is 2.63 bits per heavy atom. The zero-order chi connectivity index (χ0) is 18.6. The normalized spacial score (nSPS) is 13.8. The number of hydrogen-bond donors (Lipinski definition) is 1. The predicted octanol–water partition coefficient (Wildman–Crippen LogP) is 5.11. The monoisotopic (exact) mass is 424 g/mol. The van der Waals surface area contributed by atoms with Gasteiger partial charge in [0.1, 0.15) is 0 Å². The van der Waals surface area contributed by atoms with Crippen LogP contribution in [-0.2, 0) is 24.2 Å². The van der Waals surface area contributed by atoms with Crippen LogP contribution in [-0.4, -0.2) is 17.0 Å². The lowest BCUT2D eigenvalue weighted by Gasteiger charge is -2.07. The minimum Gasteiger partial charge on any atom is -0.356 e. The van der Waals surface area contributed by atoms with E-state index >= 15 is 0 Å². The van der Waals surface area contributed by atoms with Gasteiger partial charge >= 0.3 is 0 Å². The van der Waals surface area contributed by atoms with E-state index in [4.69, 9.17) is 0 Å². The number of carbonyl (C=O) groups is 1. The summed E-state index contributed by atoms with van der Waals surface area (Å²) in [4.78, 5) is 11.8. The molecule has 0 radical (unpaired) electrons. The molecular formula is C23H25BrN2O. The Morgan fingerprint density at radius 2 is 1.81 bits per heavy atom. The van der Waals surface area contributed by atoms with E-state index in [0.717, 1.165) is 45.2 Å². The molecule has 4 rings (SSSR count). The molecule has 1 amide bonds. The second kappa shape index (κ2) is 8.30. The number of rotatable bonds is 8. The maximum absolute atomic E-state index is 11.8. The van der Waals surface area contributed by atoms with Crippen molar-refractivity contribution in [1.29, 1.82) is 0 Å². The molecule has 0 aliphatic heterocycles. The zero-order valence-corrected chi connectivity index (χ0v) is 17.0. The third-order valence-corrected chi connectivity index (χ3v) is 6.09. The van der Waals surface area contributed by atoms with Crippen molar-refractivity contribution in [3.63, 3.8) is 0 Å². The topological polar surface area (TPSA) is 34.0 Å². The lowest BCUT2D eigenvalue weighted by Crippen LogP contribution is -2.26. The summed E-state index contributed by atoms with van der Waals surface area (Å²) >= 11 is 3.64. The first-order valence-corrected chi connectivity index (χ1v) is 10.6. The fraction of sp³-hybridized carbons (Fsp3) is 0.348. The predicted molar refractivity (Wildman–Crippen MR) is 114 cm³/mol. The van der Waals surface area contributed by atoms with Gasteiger partial charge in [-0.05, 0) is 55.4 Å². The minimum absolute atomic E-state index is 0.229. The first kappa shape index (κ1) is 18.3. The summed E-state index contributed by atoms with van der Waals surface area (Å²) in [6.45, 7) is 1.72. The molecule has 4 heteroatoms. The third kappa shape index (κ3) is 4.44. The summed E-state index contributed by atoms with van der Waals surface area (Å²) < 4.78 is 3.55. The van der Waals surface area contributed by atoms with Crippen molar-refractivity contribution in [3.8, 4) is 0 Å². The van der Waals surface area contributed by atoms with Crippen molar-refractivity contribution in [2.75, 3.05) is 6.54 Å². The highest BCUT2D eigenvalue weighted by molar-refractivity contribution is 9.10. The van der Waals surface area contributed by atoms with Gasteiger partial charge in [0, 0.05) is 40.6 Å². The van der Waals surface area contributed by atoms with Crippen LogP contribution in [0.1, 0.15) is 30.4 Å². The van der Waals surface area contributed by atoms with Gasteiger partial charge in [-0.1, -0.05) is 52.3 Å². The Morgan fingerprint density at radius 1 is 1.04 bits per heavy atom. The number of nitrogens with one attached hydrogen (secondary N) is 1. The fourth-order valence-electron chi connectivity index (χ4n) is 3.66. The Kier molecular flexibility index (Phi) is 5.63. The molecule has 1 aliphatic carbocycles. The van der Waals surface area contributed by atoms with Gasteiger partial charge in [-0.2, -0.15) is 0 Å². The maximum atomic E-state index is 11.8. The number of halogens is 1. The molecule has 0 bridgehead atoms. The van der Waals surface area contributed by atoms with Gasteiger partial charge in [0.2, 0.25) is 5.91 Å². The molecule has 1 aliphatic rings. The molecule has 0 spiro atoms. The van der Waals surface area contributed by atoms with Crippen molar-refractivity contribution in [2.45, 2.75) is 38.6 Å². The molecule has 0 saturated heterocycles. The molecule has 3 aromatic rings. The van der Waals surface area contributed by atoms with E-state index in [1.54, 1.807) is 0 Å². The van der Waals surface area contributed by atoms with Crippen LogP contribution in [0.25, 0.3) is 10.9 Å². The number of aryl methyl sites for hydroxylation is 2. The van der Waals surface area contributed by atoms with Gasteiger partial charge in [-0.3, -0.25) is 4.79 Å². The highest BCUT2D eigenvalue weighted by Crippen LogP contribution is 2.29. The zero-order valence-electron chi connectivity index (χ0n) is 15.5. The van der Waals surface area contributed by atoms with Crippen molar-refractivity contribution >= 4 is 32.7 Å². The van der Waals surface area contributed by atoms with E-state index in [9.17, 15) is 4.79 Å². The quantitative estimate of drug-likeness (QED) is 0.535. The van der Waals surface area contributed by atoms with Crippen LogP contribution >= 0.6 is 15.9 Å². The van der Waals surface area contributed by atoms with Crippen molar-refractivity contribution < 1.29 is 4.79 Å². The molecule has 1 fully saturated rings. The van der Waals surface area contributed by atoms with Crippen LogP contribution in [0.15, 0.2) is 59.2 Å². The van der Waals surface area contributed by atoms with E-state index in [0.29, 0.717) is 0 Å². The summed E-state index contributed by atoms with van der Waals surface area (Å²) in [7, 11) is 0. The molecule has 2 aromatic carbocycles.